The Labute approximate surface area is 152 Å². The van der Waals surface area contributed by atoms with Crippen LogP contribution in [0, 0.1) is 0 Å². The van der Waals surface area contributed by atoms with Crippen molar-refractivity contribution in [3.05, 3.63) is 57.1 Å². The zero-order chi connectivity index (χ0) is 17.8. The largest absolute Gasteiger partial charge is 0.355 e. The number of halogens is 1. The van der Waals surface area contributed by atoms with Gasteiger partial charge < -0.3 is 4.74 Å². The van der Waals surface area contributed by atoms with Gasteiger partial charge in [0.05, 0.1) is 15.1 Å². The Kier molecular flexibility index (Phi) is 3.85. The third kappa shape index (κ3) is 2.47. The van der Waals surface area contributed by atoms with E-state index in [9.17, 15) is 9.59 Å². The molecular weight excluding hydrogens is 384 g/mol. The lowest BCUT2D eigenvalue weighted by Crippen LogP contribution is -2.51. The molecule has 2 heterocycles. The highest BCUT2D eigenvalue weighted by molar-refractivity contribution is 9.10. The average Bonchev–Trinajstić information content (AvgIpc) is 2.60. The number of rotatable bonds is 2. The highest BCUT2D eigenvalue weighted by Gasteiger charge is 2.40. The molecule has 0 radical (unpaired) electrons. The van der Waals surface area contributed by atoms with Crippen molar-refractivity contribution >= 4 is 37.5 Å². The van der Waals surface area contributed by atoms with E-state index in [4.69, 9.17) is 4.74 Å². The molecule has 25 heavy (non-hydrogen) atoms. The fraction of sp³-hybridized carbons (Fsp3) is 0.368. The quantitative estimate of drug-likeness (QED) is 0.487. The normalized spacial score (nSPS) is 23.1. The van der Waals surface area contributed by atoms with Gasteiger partial charge in [0, 0.05) is 13.2 Å². The predicted octanol–water partition coefficient (Wildman–Crippen LogP) is 3.41. The molecule has 1 aliphatic heterocycles. The van der Waals surface area contributed by atoms with E-state index in [1.165, 1.54) is 9.36 Å². The number of hydrogen-bond acceptors (Lipinski definition) is 3. The van der Waals surface area contributed by atoms with Crippen molar-refractivity contribution in [2.45, 2.75) is 37.4 Å². The number of benzene rings is 2. The Morgan fingerprint density at radius 1 is 1.16 bits per heavy atom. The monoisotopic (exact) mass is 402 g/mol. The summed E-state index contributed by atoms with van der Waals surface area (Å²) in [6.07, 6.45) is 0.179. The van der Waals surface area contributed by atoms with Crippen LogP contribution in [0.1, 0.15) is 26.5 Å². The zero-order valence-electron chi connectivity index (χ0n) is 14.2. The maximum Gasteiger partial charge on any atom is 0.275 e. The first-order chi connectivity index (χ1) is 11.9. The van der Waals surface area contributed by atoms with Gasteiger partial charge in [-0.15, -0.1) is 0 Å². The first kappa shape index (κ1) is 16.5. The second-order valence-electron chi connectivity index (χ2n) is 6.66. The molecule has 5 nitrogen and oxygen atoms in total. The van der Waals surface area contributed by atoms with Gasteiger partial charge in [-0.1, -0.05) is 40.2 Å². The van der Waals surface area contributed by atoms with E-state index in [-0.39, 0.29) is 11.1 Å². The van der Waals surface area contributed by atoms with E-state index in [1.54, 1.807) is 0 Å². The molecule has 1 aromatic heterocycles. The van der Waals surface area contributed by atoms with Crippen LogP contribution in [0.25, 0.3) is 21.5 Å². The number of aromatic nitrogens is 2. The summed E-state index contributed by atoms with van der Waals surface area (Å²) in [6.45, 7) is 4.82. The van der Waals surface area contributed by atoms with Crippen molar-refractivity contribution in [1.29, 1.82) is 0 Å². The molecule has 6 heteroatoms. The molecule has 3 aromatic rings. The van der Waals surface area contributed by atoms with Crippen LogP contribution in [-0.4, -0.2) is 20.3 Å². The van der Waals surface area contributed by atoms with Crippen molar-refractivity contribution in [2.75, 3.05) is 6.61 Å². The first-order valence-electron chi connectivity index (χ1n) is 8.42. The summed E-state index contributed by atoms with van der Waals surface area (Å²) in [5.74, 6) is 0. The van der Waals surface area contributed by atoms with Crippen molar-refractivity contribution < 1.29 is 4.74 Å². The van der Waals surface area contributed by atoms with Crippen LogP contribution in [0.15, 0.2) is 46.0 Å². The molecule has 0 aliphatic carbocycles. The SMILES string of the molecule is CCO[C@@H]1n2c(=O)c3cc4ccccc4cc3c(=O)n2CC[C@@]1(C)Br. The second kappa shape index (κ2) is 5.81. The molecule has 0 spiro atoms. The highest BCUT2D eigenvalue weighted by atomic mass is 79.9. The third-order valence-electron chi connectivity index (χ3n) is 4.92. The molecule has 2 atom stereocenters. The van der Waals surface area contributed by atoms with Crippen LogP contribution >= 0.6 is 15.9 Å². The molecule has 0 saturated carbocycles. The van der Waals surface area contributed by atoms with Gasteiger partial charge in [-0.2, -0.15) is 0 Å². The number of hydrogen-bond donors (Lipinski definition) is 0. The molecule has 0 bridgehead atoms. The Balaban J connectivity index is 2.12. The smallest absolute Gasteiger partial charge is 0.275 e. The lowest BCUT2D eigenvalue weighted by molar-refractivity contribution is -0.0524. The summed E-state index contributed by atoms with van der Waals surface area (Å²) < 4.78 is 8.47. The van der Waals surface area contributed by atoms with E-state index in [1.807, 2.05) is 50.2 Å². The van der Waals surface area contributed by atoms with Crippen LogP contribution in [-0.2, 0) is 11.3 Å². The molecule has 0 N–H and O–H groups in total. The lowest BCUT2D eigenvalue weighted by Gasteiger charge is -2.39. The summed E-state index contributed by atoms with van der Waals surface area (Å²) in [5.41, 5.74) is -0.336. The fourth-order valence-electron chi connectivity index (χ4n) is 3.61. The van der Waals surface area contributed by atoms with Gasteiger partial charge in [-0.25, -0.2) is 9.36 Å². The Morgan fingerprint density at radius 2 is 1.76 bits per heavy atom. The van der Waals surface area contributed by atoms with E-state index < -0.39 is 10.6 Å². The average molecular weight is 403 g/mol. The summed E-state index contributed by atoms with van der Waals surface area (Å²) in [4.78, 5) is 26.3. The molecule has 130 valence electrons. The Hall–Kier alpha value is -1.92. The highest BCUT2D eigenvalue weighted by Crippen LogP contribution is 2.38. The number of alkyl halides is 1. The summed E-state index contributed by atoms with van der Waals surface area (Å²) in [5, 5.41) is 2.81. The van der Waals surface area contributed by atoms with Crippen LogP contribution in [0.4, 0.5) is 0 Å². The standard InChI is InChI=1S/C19H19BrN2O3/c1-3-25-18-19(2,20)8-9-21-16(23)14-10-12-6-4-5-7-13(12)11-15(14)17(24)22(18)21/h4-7,10-11,18H,3,8-9H2,1-2H3/t18-,19+/m0/s1. The van der Waals surface area contributed by atoms with Gasteiger partial charge in [-0.3, -0.25) is 9.59 Å². The van der Waals surface area contributed by atoms with Gasteiger partial charge in [0.1, 0.15) is 0 Å². The van der Waals surface area contributed by atoms with Crippen molar-refractivity contribution in [3.63, 3.8) is 0 Å². The van der Waals surface area contributed by atoms with Gasteiger partial charge >= 0.3 is 0 Å². The van der Waals surface area contributed by atoms with Gasteiger partial charge in [0.2, 0.25) is 0 Å². The van der Waals surface area contributed by atoms with Gasteiger partial charge in [0.25, 0.3) is 11.1 Å². The molecule has 1 aliphatic rings. The Morgan fingerprint density at radius 3 is 2.36 bits per heavy atom. The van der Waals surface area contributed by atoms with Crippen molar-refractivity contribution in [2.24, 2.45) is 0 Å². The maximum absolute atomic E-state index is 13.2. The molecular formula is C19H19BrN2O3. The van der Waals surface area contributed by atoms with Crippen LogP contribution in [0.5, 0.6) is 0 Å². The van der Waals surface area contributed by atoms with Crippen molar-refractivity contribution in [1.82, 2.24) is 9.36 Å². The van der Waals surface area contributed by atoms with E-state index in [0.717, 1.165) is 10.8 Å². The van der Waals surface area contributed by atoms with Crippen LogP contribution in [0.3, 0.4) is 0 Å². The summed E-state index contributed by atoms with van der Waals surface area (Å²) in [6, 6.07) is 11.4. The summed E-state index contributed by atoms with van der Waals surface area (Å²) in [7, 11) is 0. The topological polar surface area (TPSA) is 53.2 Å². The molecule has 0 unspecified atom stereocenters. The lowest BCUT2D eigenvalue weighted by atomic mass is 10.0. The maximum atomic E-state index is 13.2. The molecule has 0 fully saturated rings. The fourth-order valence-corrected chi connectivity index (χ4v) is 4.12. The van der Waals surface area contributed by atoms with Gasteiger partial charge in [-0.05, 0) is 43.2 Å². The first-order valence-corrected chi connectivity index (χ1v) is 9.22. The van der Waals surface area contributed by atoms with E-state index >= 15 is 0 Å². The number of nitrogens with zero attached hydrogens (tertiary/aromatic N) is 2. The minimum absolute atomic E-state index is 0.145. The predicted molar refractivity (Wildman–Crippen MR) is 103 cm³/mol. The van der Waals surface area contributed by atoms with E-state index in [2.05, 4.69) is 15.9 Å². The van der Waals surface area contributed by atoms with Gasteiger partial charge in [0.15, 0.2) is 6.23 Å². The van der Waals surface area contributed by atoms with Crippen LogP contribution < -0.4 is 11.1 Å². The number of ether oxygens (including phenoxy) is 1. The molecule has 2 aromatic carbocycles. The molecule has 4 rings (SSSR count). The molecule has 0 amide bonds. The molecule has 0 saturated heterocycles. The third-order valence-corrected chi connectivity index (χ3v) is 5.71. The van der Waals surface area contributed by atoms with Crippen molar-refractivity contribution in [3.8, 4) is 0 Å². The Bertz CT molecular complexity index is 1100. The second-order valence-corrected chi connectivity index (χ2v) is 8.47. The summed E-state index contributed by atoms with van der Waals surface area (Å²) >= 11 is 3.69. The van der Waals surface area contributed by atoms with Crippen LogP contribution in [0.2, 0.25) is 0 Å². The minimum Gasteiger partial charge on any atom is -0.355 e. The zero-order valence-corrected chi connectivity index (χ0v) is 15.7. The number of fused-ring (bicyclic) bond motifs is 3. The minimum atomic E-state index is -0.526. The van der Waals surface area contributed by atoms with E-state index in [0.29, 0.717) is 30.3 Å².